The van der Waals surface area contributed by atoms with Crippen molar-refractivity contribution in [3.8, 4) is 5.88 Å². The van der Waals surface area contributed by atoms with Gasteiger partial charge in [0.25, 0.3) is 5.56 Å². The van der Waals surface area contributed by atoms with Crippen molar-refractivity contribution in [3.63, 3.8) is 0 Å². The molecular formula is C17H19N3O7S. The molecule has 0 aliphatic rings. The monoisotopic (exact) mass is 409 g/mol. The highest BCUT2D eigenvalue weighted by atomic mass is 32.2. The maximum Gasteiger partial charge on any atom is 0.337 e. The largest absolute Gasteiger partial charge is 0.493 e. The second-order valence-electron chi connectivity index (χ2n) is 5.75. The zero-order valence-corrected chi connectivity index (χ0v) is 16.0. The number of aryl methyl sites for hydroxylation is 1. The van der Waals surface area contributed by atoms with E-state index in [0.29, 0.717) is 35.5 Å². The van der Waals surface area contributed by atoms with Crippen LogP contribution in [0.2, 0.25) is 0 Å². The van der Waals surface area contributed by atoms with Gasteiger partial charge in [0.2, 0.25) is 5.88 Å². The lowest BCUT2D eigenvalue weighted by Crippen LogP contribution is -2.19. The molecule has 11 heteroatoms. The van der Waals surface area contributed by atoms with E-state index in [9.17, 15) is 19.8 Å². The van der Waals surface area contributed by atoms with Crippen molar-refractivity contribution in [2.75, 3.05) is 0 Å². The van der Waals surface area contributed by atoms with Crippen LogP contribution in [0.1, 0.15) is 35.7 Å². The van der Waals surface area contributed by atoms with Crippen molar-refractivity contribution in [1.29, 1.82) is 0 Å². The Bertz CT molecular complexity index is 943. The third-order valence-corrected chi connectivity index (χ3v) is 4.38. The summed E-state index contributed by atoms with van der Waals surface area (Å²) in [5.74, 6) is -1.56. The standard InChI is InChI=1S/C17H19N3O7S/c1-3-4-7-20-14(21)8-10(2)15(16(20)22)19-18-13-9-11(28-27-26-25)5-6-12(13)17(23)24/h5-6,8-9,22,25H,3-4,7H2,1-2H3,(H,23,24). The van der Waals surface area contributed by atoms with Crippen LogP contribution in [0.5, 0.6) is 5.88 Å². The van der Waals surface area contributed by atoms with E-state index in [1.54, 1.807) is 6.92 Å². The first-order valence-corrected chi connectivity index (χ1v) is 9.00. The van der Waals surface area contributed by atoms with Gasteiger partial charge in [0.15, 0.2) is 0 Å². The molecule has 0 atom stereocenters. The molecular weight excluding hydrogens is 390 g/mol. The Hall–Kier alpha value is -2.73. The Morgan fingerprint density at radius 3 is 2.68 bits per heavy atom. The molecule has 0 amide bonds. The summed E-state index contributed by atoms with van der Waals surface area (Å²) in [6, 6.07) is 5.41. The van der Waals surface area contributed by atoms with Gasteiger partial charge >= 0.3 is 5.97 Å². The number of carboxylic acid groups (broad SMARTS) is 1. The number of benzene rings is 1. The van der Waals surface area contributed by atoms with Crippen LogP contribution in [0, 0.1) is 6.92 Å². The summed E-state index contributed by atoms with van der Waals surface area (Å²) in [6.45, 7) is 3.88. The van der Waals surface area contributed by atoms with Gasteiger partial charge in [0.05, 0.1) is 17.6 Å². The number of carbonyl (C=O) groups is 1. The van der Waals surface area contributed by atoms with E-state index in [4.69, 9.17) is 5.26 Å². The van der Waals surface area contributed by atoms with Gasteiger partial charge in [-0.05, 0) is 37.1 Å². The Morgan fingerprint density at radius 1 is 1.29 bits per heavy atom. The lowest BCUT2D eigenvalue weighted by molar-refractivity contribution is -0.432. The molecule has 0 unspecified atom stereocenters. The van der Waals surface area contributed by atoms with Gasteiger partial charge in [-0.3, -0.25) is 9.36 Å². The van der Waals surface area contributed by atoms with E-state index in [-0.39, 0.29) is 28.4 Å². The van der Waals surface area contributed by atoms with Gasteiger partial charge in [-0.25, -0.2) is 10.1 Å². The minimum absolute atomic E-state index is 0.0100. The summed E-state index contributed by atoms with van der Waals surface area (Å²) in [7, 11) is 0. The third-order valence-electron chi connectivity index (χ3n) is 3.80. The number of unbranched alkanes of at least 4 members (excludes halogenated alkanes) is 1. The van der Waals surface area contributed by atoms with Crippen LogP contribution >= 0.6 is 12.0 Å². The van der Waals surface area contributed by atoms with Crippen molar-refractivity contribution >= 4 is 29.4 Å². The Morgan fingerprint density at radius 2 is 2.04 bits per heavy atom. The minimum Gasteiger partial charge on any atom is -0.493 e. The molecule has 0 aliphatic carbocycles. The fourth-order valence-corrected chi connectivity index (χ4v) is 2.77. The lowest BCUT2D eigenvalue weighted by atomic mass is 10.2. The van der Waals surface area contributed by atoms with Gasteiger partial charge in [0.1, 0.15) is 11.4 Å². The van der Waals surface area contributed by atoms with E-state index >= 15 is 0 Å². The molecule has 2 aromatic rings. The zero-order valence-electron chi connectivity index (χ0n) is 15.2. The molecule has 28 heavy (non-hydrogen) atoms. The van der Waals surface area contributed by atoms with Crippen LogP contribution in [-0.2, 0) is 15.9 Å². The normalized spacial score (nSPS) is 11.2. The molecule has 0 radical (unpaired) electrons. The van der Waals surface area contributed by atoms with E-state index in [1.165, 1.54) is 28.8 Å². The van der Waals surface area contributed by atoms with E-state index in [1.807, 2.05) is 6.92 Å². The summed E-state index contributed by atoms with van der Waals surface area (Å²) >= 11 is 0.635. The highest BCUT2D eigenvalue weighted by Gasteiger charge is 2.15. The second-order valence-corrected chi connectivity index (χ2v) is 6.53. The van der Waals surface area contributed by atoms with Gasteiger partial charge in [0, 0.05) is 17.5 Å². The fourth-order valence-electron chi connectivity index (χ4n) is 2.38. The number of hydrogen-bond donors (Lipinski definition) is 3. The topological polar surface area (TPSA) is 143 Å². The smallest absolute Gasteiger partial charge is 0.337 e. The number of azo groups is 1. The first kappa shape index (κ1) is 21.6. The predicted octanol–water partition coefficient (Wildman–Crippen LogP) is 4.20. The van der Waals surface area contributed by atoms with Crippen molar-refractivity contribution < 1.29 is 29.6 Å². The van der Waals surface area contributed by atoms with E-state index in [0.717, 1.165) is 6.42 Å². The number of rotatable bonds is 9. The number of aromatic carboxylic acids is 1. The van der Waals surface area contributed by atoms with Gasteiger partial charge in [-0.2, -0.15) is 0 Å². The molecule has 3 N–H and O–H groups in total. The first-order valence-electron chi connectivity index (χ1n) is 8.26. The van der Waals surface area contributed by atoms with Crippen molar-refractivity contribution in [3.05, 3.63) is 45.7 Å². The van der Waals surface area contributed by atoms with Crippen molar-refractivity contribution in [2.24, 2.45) is 10.2 Å². The summed E-state index contributed by atoms with van der Waals surface area (Å²) in [5, 5.41) is 39.4. The molecule has 10 nitrogen and oxygen atoms in total. The molecule has 1 aromatic carbocycles. The highest BCUT2D eigenvalue weighted by molar-refractivity contribution is 7.94. The van der Waals surface area contributed by atoms with Crippen molar-refractivity contribution in [1.82, 2.24) is 4.57 Å². The number of nitrogens with zero attached hydrogens (tertiary/aromatic N) is 3. The molecule has 0 saturated heterocycles. The Kier molecular flexibility index (Phi) is 7.70. The summed E-state index contributed by atoms with van der Waals surface area (Å²) < 4.78 is 5.51. The van der Waals surface area contributed by atoms with E-state index < -0.39 is 5.97 Å². The van der Waals surface area contributed by atoms with Crippen molar-refractivity contribution in [2.45, 2.75) is 38.1 Å². The van der Waals surface area contributed by atoms with Crippen LogP contribution in [-0.4, -0.2) is 26.0 Å². The van der Waals surface area contributed by atoms with Gasteiger partial charge < -0.3 is 10.2 Å². The molecule has 0 bridgehead atoms. The maximum absolute atomic E-state index is 12.1. The number of pyridine rings is 1. The molecule has 0 spiro atoms. The van der Waals surface area contributed by atoms with Crippen LogP contribution in [0.25, 0.3) is 0 Å². The van der Waals surface area contributed by atoms with Gasteiger partial charge in [-0.15, -0.1) is 14.6 Å². The van der Waals surface area contributed by atoms with Crippen LogP contribution in [0.4, 0.5) is 11.4 Å². The molecule has 0 saturated carbocycles. The SMILES string of the molecule is CCCCn1c(O)c(N=Nc2cc(SOOO)ccc2C(=O)O)c(C)cc1=O. The van der Waals surface area contributed by atoms with Crippen LogP contribution in [0.3, 0.4) is 0 Å². The third kappa shape index (κ3) is 5.16. The molecule has 150 valence electrons. The number of aromatic nitrogens is 1. The summed E-state index contributed by atoms with van der Waals surface area (Å²) in [4.78, 5) is 23.9. The molecule has 0 fully saturated rings. The molecule has 1 heterocycles. The van der Waals surface area contributed by atoms with Crippen LogP contribution in [0.15, 0.2) is 44.2 Å². The highest BCUT2D eigenvalue weighted by Crippen LogP contribution is 2.33. The van der Waals surface area contributed by atoms with Crippen LogP contribution < -0.4 is 5.56 Å². The average Bonchev–Trinajstić information content (AvgIpc) is 2.65. The lowest BCUT2D eigenvalue weighted by Gasteiger charge is -2.11. The Labute approximate surface area is 164 Å². The number of carboxylic acids is 1. The van der Waals surface area contributed by atoms with Gasteiger partial charge in [-0.1, -0.05) is 18.4 Å². The quantitative estimate of drug-likeness (QED) is 0.242. The average molecular weight is 409 g/mol. The fraction of sp³-hybridized carbons (Fsp3) is 0.294. The second kappa shape index (κ2) is 9.99. The summed E-state index contributed by atoms with van der Waals surface area (Å²) in [5.41, 5.74) is -0.0229. The molecule has 0 aliphatic heterocycles. The predicted molar refractivity (Wildman–Crippen MR) is 100 cm³/mol. The minimum atomic E-state index is -1.22. The summed E-state index contributed by atoms with van der Waals surface area (Å²) in [6.07, 6.45) is 1.53. The molecule has 1 aromatic heterocycles. The first-order chi connectivity index (χ1) is 13.4. The zero-order chi connectivity index (χ0) is 20.7. The molecule has 2 rings (SSSR count). The Balaban J connectivity index is 2.47. The number of aromatic hydroxyl groups is 1. The number of hydrogen-bond acceptors (Lipinski definition) is 9. The van der Waals surface area contributed by atoms with E-state index in [2.05, 4.69) is 19.6 Å². The maximum atomic E-state index is 12.1.